The Bertz CT molecular complexity index is 1190. The first kappa shape index (κ1) is 24.7. The third-order valence-electron chi connectivity index (χ3n) is 5.45. The predicted octanol–water partition coefficient (Wildman–Crippen LogP) is 2.79. The number of nitrogens with zero attached hydrogens (tertiary/aromatic N) is 3. The van der Waals surface area contributed by atoms with Gasteiger partial charge in [-0.25, -0.2) is 24.8 Å². The van der Waals surface area contributed by atoms with Gasteiger partial charge in [0.25, 0.3) is 5.56 Å². The summed E-state index contributed by atoms with van der Waals surface area (Å²) >= 11 is 1.14. The summed E-state index contributed by atoms with van der Waals surface area (Å²) in [5, 5.41) is 1.24. The third kappa shape index (κ3) is 5.21. The van der Waals surface area contributed by atoms with Crippen LogP contribution in [0, 0.1) is 12.8 Å². The molecule has 1 aliphatic carbocycles. The fourth-order valence-corrected chi connectivity index (χ4v) is 4.96. The summed E-state index contributed by atoms with van der Waals surface area (Å²) in [5.41, 5.74) is 6.70. The SMILES string of the molecule is Cc1c(CN(NC(=O)OC(C)(C)C)C(N)=O)sc2c1c(=O)n([C@H]1C[C@@H]1C)c(=O)n2CCCF. The Hall–Kier alpha value is -2.89. The lowest BCUT2D eigenvalue weighted by atomic mass is 10.2. The molecule has 3 rings (SSSR count). The zero-order chi connectivity index (χ0) is 24.7. The van der Waals surface area contributed by atoms with E-state index in [4.69, 9.17) is 10.5 Å². The summed E-state index contributed by atoms with van der Waals surface area (Å²) in [4.78, 5) is 51.5. The number of urea groups is 1. The van der Waals surface area contributed by atoms with Crippen molar-refractivity contribution in [2.75, 3.05) is 6.67 Å². The van der Waals surface area contributed by atoms with Crippen LogP contribution in [0.4, 0.5) is 14.0 Å². The molecular weight excluding hydrogens is 453 g/mol. The molecule has 1 aliphatic rings. The molecule has 2 heterocycles. The number of hydrazine groups is 1. The highest BCUT2D eigenvalue weighted by Gasteiger charge is 2.38. The number of ether oxygens (including phenoxy) is 1. The second-order valence-corrected chi connectivity index (χ2v) is 10.4. The number of aryl methyl sites for hydroxylation is 2. The standard InChI is InChI=1S/C21H30FN5O5S/c1-11-9-13(11)27-16(28)15-12(2)14(33-17(15)25(20(27)31)8-6-7-22)10-26(18(23)29)24-19(30)32-21(3,4)5/h11,13H,6-10H2,1-5H3,(H2,23,29)(H,24,30)/t11-,13-/m0/s1. The Morgan fingerprint density at radius 1 is 1.33 bits per heavy atom. The number of thiophene rings is 1. The highest BCUT2D eigenvalue weighted by atomic mass is 32.1. The number of nitrogens with two attached hydrogens (primary N) is 1. The van der Waals surface area contributed by atoms with Crippen molar-refractivity contribution in [3.63, 3.8) is 0 Å². The van der Waals surface area contributed by atoms with Crippen LogP contribution in [-0.2, 0) is 17.8 Å². The summed E-state index contributed by atoms with van der Waals surface area (Å²) in [6, 6.07) is -1.10. The van der Waals surface area contributed by atoms with Crippen molar-refractivity contribution in [3.05, 3.63) is 31.3 Å². The molecule has 0 saturated heterocycles. The molecule has 3 N–H and O–H groups in total. The van der Waals surface area contributed by atoms with Gasteiger partial charge in [0.1, 0.15) is 10.4 Å². The summed E-state index contributed by atoms with van der Waals surface area (Å²) < 4.78 is 20.8. The van der Waals surface area contributed by atoms with Gasteiger partial charge in [0.15, 0.2) is 0 Å². The molecule has 1 fully saturated rings. The minimum absolute atomic E-state index is 0.127. The van der Waals surface area contributed by atoms with E-state index in [-0.39, 0.29) is 31.5 Å². The number of hydrogen-bond donors (Lipinski definition) is 2. The van der Waals surface area contributed by atoms with Crippen LogP contribution < -0.4 is 22.4 Å². The maximum absolute atomic E-state index is 13.3. The predicted molar refractivity (Wildman–Crippen MR) is 123 cm³/mol. The summed E-state index contributed by atoms with van der Waals surface area (Å²) in [5.74, 6) is 0.212. The Balaban J connectivity index is 2.05. The summed E-state index contributed by atoms with van der Waals surface area (Å²) in [6.45, 7) is 8.12. The van der Waals surface area contributed by atoms with Gasteiger partial charge in [-0.3, -0.25) is 18.3 Å². The van der Waals surface area contributed by atoms with Gasteiger partial charge in [0.05, 0.1) is 18.6 Å². The number of rotatable bonds is 6. The van der Waals surface area contributed by atoms with Gasteiger partial charge in [-0.1, -0.05) is 6.92 Å². The number of alkyl halides is 1. The monoisotopic (exact) mass is 483 g/mol. The fraction of sp³-hybridized carbons (Fsp3) is 0.619. The molecule has 2 atom stereocenters. The number of aromatic nitrogens is 2. The number of hydrogen-bond acceptors (Lipinski definition) is 6. The average Bonchev–Trinajstić information content (AvgIpc) is 3.30. The average molecular weight is 484 g/mol. The lowest BCUT2D eigenvalue weighted by Crippen LogP contribution is -2.49. The molecule has 0 radical (unpaired) electrons. The Labute approximate surface area is 194 Å². The van der Waals surface area contributed by atoms with Crippen molar-refractivity contribution in [1.29, 1.82) is 0 Å². The van der Waals surface area contributed by atoms with Crippen LogP contribution in [0.15, 0.2) is 9.59 Å². The maximum Gasteiger partial charge on any atom is 0.426 e. The van der Waals surface area contributed by atoms with E-state index in [0.717, 1.165) is 22.8 Å². The van der Waals surface area contributed by atoms with Crippen LogP contribution >= 0.6 is 11.3 Å². The van der Waals surface area contributed by atoms with Gasteiger partial charge < -0.3 is 10.5 Å². The van der Waals surface area contributed by atoms with Crippen LogP contribution in [0.1, 0.15) is 57.0 Å². The molecule has 33 heavy (non-hydrogen) atoms. The second kappa shape index (κ2) is 9.16. The number of fused-ring (bicyclic) bond motifs is 1. The second-order valence-electron chi connectivity index (χ2n) is 9.30. The van der Waals surface area contributed by atoms with Crippen LogP contribution in [-0.4, -0.2) is 38.5 Å². The topological polar surface area (TPSA) is 129 Å². The van der Waals surface area contributed by atoms with Gasteiger partial charge >= 0.3 is 17.8 Å². The highest BCUT2D eigenvalue weighted by Crippen LogP contribution is 2.41. The van der Waals surface area contributed by atoms with Crippen molar-refractivity contribution in [1.82, 2.24) is 19.6 Å². The third-order valence-corrected chi connectivity index (χ3v) is 6.75. The van der Waals surface area contributed by atoms with Crippen LogP contribution in [0.2, 0.25) is 0 Å². The Morgan fingerprint density at radius 2 is 1.97 bits per heavy atom. The lowest BCUT2D eigenvalue weighted by molar-refractivity contribution is 0.0376. The first-order valence-corrected chi connectivity index (χ1v) is 11.6. The number of halogens is 1. The maximum atomic E-state index is 13.3. The zero-order valence-corrected chi connectivity index (χ0v) is 20.3. The van der Waals surface area contributed by atoms with Gasteiger partial charge in [0, 0.05) is 17.5 Å². The quantitative estimate of drug-likeness (QED) is 0.611. The van der Waals surface area contributed by atoms with Gasteiger partial charge in [-0.2, -0.15) is 0 Å². The zero-order valence-electron chi connectivity index (χ0n) is 19.4. The first-order chi connectivity index (χ1) is 15.4. The minimum Gasteiger partial charge on any atom is -0.443 e. The molecule has 0 aromatic carbocycles. The fourth-order valence-electron chi connectivity index (χ4n) is 3.66. The van der Waals surface area contributed by atoms with Crippen molar-refractivity contribution < 1.29 is 18.7 Å². The molecule has 2 aromatic heterocycles. The van der Waals surface area contributed by atoms with Crippen molar-refractivity contribution >= 4 is 33.7 Å². The molecule has 10 nitrogen and oxygen atoms in total. The van der Waals surface area contributed by atoms with E-state index in [2.05, 4.69) is 5.43 Å². The summed E-state index contributed by atoms with van der Waals surface area (Å²) in [7, 11) is 0. The van der Waals surface area contributed by atoms with Gasteiger partial charge in [-0.15, -0.1) is 11.3 Å². The molecule has 2 aromatic rings. The van der Waals surface area contributed by atoms with E-state index >= 15 is 0 Å². The van der Waals surface area contributed by atoms with Crippen LogP contribution in [0.25, 0.3) is 10.2 Å². The minimum atomic E-state index is -0.920. The number of nitrogens with one attached hydrogen (secondary N) is 1. The number of primary amides is 1. The number of carbonyl (C=O) groups excluding carboxylic acids is 2. The van der Waals surface area contributed by atoms with Crippen LogP contribution in [0.5, 0.6) is 0 Å². The van der Waals surface area contributed by atoms with Gasteiger partial charge in [-0.05, 0) is 52.0 Å². The molecule has 1 saturated carbocycles. The largest absolute Gasteiger partial charge is 0.443 e. The molecule has 0 spiro atoms. The molecule has 0 aliphatic heterocycles. The molecule has 0 unspecified atom stereocenters. The molecule has 3 amide bonds. The highest BCUT2D eigenvalue weighted by molar-refractivity contribution is 7.18. The molecule has 0 bridgehead atoms. The van der Waals surface area contributed by atoms with Crippen molar-refractivity contribution in [2.24, 2.45) is 11.7 Å². The van der Waals surface area contributed by atoms with E-state index < -0.39 is 35.6 Å². The lowest BCUT2D eigenvalue weighted by Gasteiger charge is -2.24. The van der Waals surface area contributed by atoms with Crippen molar-refractivity contribution in [3.8, 4) is 0 Å². The van der Waals surface area contributed by atoms with Crippen molar-refractivity contribution in [2.45, 2.75) is 72.2 Å². The Morgan fingerprint density at radius 3 is 2.48 bits per heavy atom. The van der Waals surface area contributed by atoms with Gasteiger partial charge in [0.2, 0.25) is 0 Å². The van der Waals surface area contributed by atoms with E-state index in [9.17, 15) is 23.6 Å². The number of carbonyl (C=O) groups is 2. The Kier molecular flexibility index (Phi) is 6.87. The van der Waals surface area contributed by atoms with E-state index in [0.29, 0.717) is 20.7 Å². The molecule has 182 valence electrons. The smallest absolute Gasteiger partial charge is 0.426 e. The normalized spacial score (nSPS) is 17.8. The molecular formula is C21H30FN5O5S. The first-order valence-electron chi connectivity index (χ1n) is 10.8. The molecule has 12 heteroatoms. The number of amides is 3. The van der Waals surface area contributed by atoms with Crippen LogP contribution in [0.3, 0.4) is 0 Å². The summed E-state index contributed by atoms with van der Waals surface area (Å²) in [6.07, 6.45) is 0.00700. The van der Waals surface area contributed by atoms with E-state index in [1.165, 1.54) is 9.13 Å². The van der Waals surface area contributed by atoms with E-state index in [1.807, 2.05) is 6.92 Å². The van der Waals surface area contributed by atoms with E-state index in [1.54, 1.807) is 27.7 Å².